The fraction of sp³-hybridized carbons (Fsp3) is 0.179. The topological polar surface area (TPSA) is 109 Å². The molecule has 186 valence electrons. The summed E-state index contributed by atoms with van der Waals surface area (Å²) in [5.74, 6) is -1.11. The van der Waals surface area contributed by atoms with Gasteiger partial charge in [0.15, 0.2) is 0 Å². The number of amides is 3. The van der Waals surface area contributed by atoms with Gasteiger partial charge in [0.1, 0.15) is 5.69 Å². The number of para-hydroxylation sites is 1. The Bertz CT molecular complexity index is 1380. The summed E-state index contributed by atoms with van der Waals surface area (Å²) in [6, 6.07) is 22.3. The van der Waals surface area contributed by atoms with Crippen LogP contribution >= 0.6 is 0 Å². The normalized spacial score (nSPS) is 13.7. The van der Waals surface area contributed by atoms with Gasteiger partial charge in [-0.3, -0.25) is 30.2 Å². The van der Waals surface area contributed by atoms with E-state index in [0.29, 0.717) is 42.8 Å². The molecule has 0 spiro atoms. The lowest BCUT2D eigenvalue weighted by atomic mass is 9.96. The van der Waals surface area contributed by atoms with E-state index in [2.05, 4.69) is 20.9 Å². The number of rotatable bonds is 5. The summed E-state index contributed by atoms with van der Waals surface area (Å²) >= 11 is 0. The highest BCUT2D eigenvalue weighted by Crippen LogP contribution is 2.24. The van der Waals surface area contributed by atoms with Crippen molar-refractivity contribution < 1.29 is 14.4 Å². The maximum atomic E-state index is 13.1. The van der Waals surface area contributed by atoms with Crippen LogP contribution in [-0.2, 0) is 4.79 Å². The minimum atomic E-state index is -0.459. The minimum Gasteiger partial charge on any atom is -0.339 e. The van der Waals surface area contributed by atoms with Gasteiger partial charge in [-0.05, 0) is 37.1 Å². The number of hydrogen-bond acceptors (Lipinski definition) is 5. The number of carbonyl (C=O) groups is 3. The Morgan fingerprint density at radius 2 is 1.46 bits per heavy atom. The molecule has 1 fully saturated rings. The summed E-state index contributed by atoms with van der Waals surface area (Å²) in [6.45, 7) is 0.935. The number of piperidine rings is 1. The molecule has 2 N–H and O–H groups in total. The molecule has 1 aliphatic rings. The van der Waals surface area contributed by atoms with Gasteiger partial charge in [0.2, 0.25) is 5.91 Å². The van der Waals surface area contributed by atoms with Crippen molar-refractivity contribution >= 4 is 17.7 Å². The lowest BCUT2D eigenvalue weighted by Crippen LogP contribution is -2.48. The predicted octanol–water partition coefficient (Wildman–Crippen LogP) is 3.25. The van der Waals surface area contributed by atoms with Crippen LogP contribution in [0.2, 0.25) is 0 Å². The van der Waals surface area contributed by atoms with E-state index >= 15 is 0 Å². The van der Waals surface area contributed by atoms with Crippen LogP contribution in [0, 0.1) is 5.92 Å². The van der Waals surface area contributed by atoms with Crippen molar-refractivity contribution in [3.63, 3.8) is 0 Å². The highest BCUT2D eigenvalue weighted by Gasteiger charge is 2.28. The molecular formula is C28H26N6O3. The fourth-order valence-electron chi connectivity index (χ4n) is 4.37. The third-order valence-corrected chi connectivity index (χ3v) is 6.41. The van der Waals surface area contributed by atoms with E-state index in [-0.39, 0.29) is 17.7 Å². The SMILES string of the molecule is O=C(NNC(=O)C1CCN(C(=O)c2ccncc2)CC1)c1cn(-c2ccccc2)nc1-c1ccccc1. The van der Waals surface area contributed by atoms with Crippen LogP contribution in [0.5, 0.6) is 0 Å². The van der Waals surface area contributed by atoms with Crippen LogP contribution < -0.4 is 10.9 Å². The molecule has 3 heterocycles. The van der Waals surface area contributed by atoms with Crippen LogP contribution in [0.1, 0.15) is 33.6 Å². The second-order valence-electron chi connectivity index (χ2n) is 8.78. The molecule has 9 heteroatoms. The van der Waals surface area contributed by atoms with Gasteiger partial charge in [-0.25, -0.2) is 4.68 Å². The Kier molecular flexibility index (Phi) is 7.02. The van der Waals surface area contributed by atoms with Gasteiger partial charge < -0.3 is 4.90 Å². The second kappa shape index (κ2) is 10.9. The number of nitrogens with one attached hydrogen (secondary N) is 2. The van der Waals surface area contributed by atoms with Gasteiger partial charge in [-0.1, -0.05) is 48.5 Å². The molecule has 2 aromatic carbocycles. The first-order chi connectivity index (χ1) is 18.1. The number of pyridine rings is 1. The predicted molar refractivity (Wildman–Crippen MR) is 137 cm³/mol. The van der Waals surface area contributed by atoms with Gasteiger partial charge in [-0.2, -0.15) is 5.10 Å². The molecule has 37 heavy (non-hydrogen) atoms. The maximum Gasteiger partial charge on any atom is 0.273 e. The molecule has 0 bridgehead atoms. The Balaban J connectivity index is 1.23. The van der Waals surface area contributed by atoms with E-state index in [1.807, 2.05) is 60.7 Å². The number of benzene rings is 2. The monoisotopic (exact) mass is 494 g/mol. The number of nitrogens with zero attached hydrogens (tertiary/aromatic N) is 4. The molecule has 9 nitrogen and oxygen atoms in total. The van der Waals surface area contributed by atoms with Gasteiger partial charge in [0.05, 0.1) is 11.3 Å². The quantitative estimate of drug-likeness (QED) is 0.414. The van der Waals surface area contributed by atoms with Crippen LogP contribution in [0.25, 0.3) is 16.9 Å². The van der Waals surface area contributed by atoms with E-state index in [1.54, 1.807) is 40.3 Å². The molecule has 4 aromatic rings. The van der Waals surface area contributed by atoms with E-state index < -0.39 is 5.91 Å². The summed E-state index contributed by atoms with van der Waals surface area (Å²) in [7, 11) is 0. The molecule has 3 amide bonds. The molecule has 1 aliphatic heterocycles. The summed E-state index contributed by atoms with van der Waals surface area (Å²) in [6.07, 6.45) is 5.85. The molecule has 0 radical (unpaired) electrons. The molecule has 0 atom stereocenters. The summed E-state index contributed by atoms with van der Waals surface area (Å²) in [5.41, 5.74) is 8.16. The zero-order valence-corrected chi connectivity index (χ0v) is 20.1. The van der Waals surface area contributed by atoms with Crippen molar-refractivity contribution in [3.05, 3.63) is 103 Å². The lowest BCUT2D eigenvalue weighted by Gasteiger charge is -2.31. The molecule has 2 aromatic heterocycles. The minimum absolute atomic E-state index is 0.0709. The van der Waals surface area contributed by atoms with Crippen LogP contribution in [0.15, 0.2) is 91.4 Å². The number of carbonyl (C=O) groups excluding carboxylic acids is 3. The third-order valence-electron chi connectivity index (χ3n) is 6.41. The van der Waals surface area contributed by atoms with E-state index in [0.717, 1.165) is 11.3 Å². The molecule has 0 aliphatic carbocycles. The zero-order chi connectivity index (χ0) is 25.6. The third kappa shape index (κ3) is 5.40. The summed E-state index contributed by atoms with van der Waals surface area (Å²) < 4.78 is 1.65. The van der Waals surface area contributed by atoms with E-state index in [4.69, 9.17) is 0 Å². The van der Waals surface area contributed by atoms with Crippen molar-refractivity contribution in [2.24, 2.45) is 5.92 Å². The lowest BCUT2D eigenvalue weighted by molar-refractivity contribution is -0.127. The molecule has 0 unspecified atom stereocenters. The van der Waals surface area contributed by atoms with Crippen LogP contribution in [0.4, 0.5) is 0 Å². The smallest absolute Gasteiger partial charge is 0.273 e. The Morgan fingerprint density at radius 1 is 0.811 bits per heavy atom. The van der Waals surface area contributed by atoms with Crippen molar-refractivity contribution in [1.82, 2.24) is 30.5 Å². The largest absolute Gasteiger partial charge is 0.339 e. The first kappa shape index (κ1) is 23.9. The van der Waals surface area contributed by atoms with E-state index in [9.17, 15) is 14.4 Å². The highest BCUT2D eigenvalue weighted by atomic mass is 16.2. The average Bonchev–Trinajstić information content (AvgIpc) is 3.43. The fourth-order valence-corrected chi connectivity index (χ4v) is 4.37. The number of aromatic nitrogens is 3. The van der Waals surface area contributed by atoms with Crippen molar-refractivity contribution in [2.75, 3.05) is 13.1 Å². The van der Waals surface area contributed by atoms with Crippen LogP contribution in [0.3, 0.4) is 0 Å². The standard InChI is InChI=1S/C28H26N6O3/c35-26(21-13-17-33(18-14-21)28(37)22-11-15-29-16-12-22)30-31-27(36)24-19-34(23-9-5-2-6-10-23)32-25(24)20-7-3-1-4-8-20/h1-12,15-16,19,21H,13-14,17-18H2,(H,30,35)(H,31,36). The Labute approximate surface area is 214 Å². The zero-order valence-electron chi connectivity index (χ0n) is 20.1. The summed E-state index contributed by atoms with van der Waals surface area (Å²) in [5, 5.41) is 4.64. The summed E-state index contributed by atoms with van der Waals surface area (Å²) in [4.78, 5) is 44.2. The first-order valence-corrected chi connectivity index (χ1v) is 12.1. The van der Waals surface area contributed by atoms with Crippen LogP contribution in [-0.4, -0.2) is 50.5 Å². The number of hydrogen-bond donors (Lipinski definition) is 2. The van der Waals surface area contributed by atoms with E-state index in [1.165, 1.54) is 0 Å². The van der Waals surface area contributed by atoms with Gasteiger partial charge in [0, 0.05) is 48.7 Å². The first-order valence-electron chi connectivity index (χ1n) is 12.1. The highest BCUT2D eigenvalue weighted by molar-refractivity contribution is 6.00. The number of likely N-dealkylation sites (tertiary alicyclic amines) is 1. The molecule has 1 saturated heterocycles. The van der Waals surface area contributed by atoms with Crippen molar-refractivity contribution in [1.29, 1.82) is 0 Å². The Hall–Kier alpha value is -4.79. The number of hydrazine groups is 1. The van der Waals surface area contributed by atoms with Crippen molar-refractivity contribution in [3.8, 4) is 16.9 Å². The van der Waals surface area contributed by atoms with Gasteiger partial charge in [0.25, 0.3) is 11.8 Å². The molecule has 5 rings (SSSR count). The van der Waals surface area contributed by atoms with Crippen molar-refractivity contribution in [2.45, 2.75) is 12.8 Å². The van der Waals surface area contributed by atoms with Gasteiger partial charge >= 0.3 is 0 Å². The maximum absolute atomic E-state index is 13.1. The Morgan fingerprint density at radius 3 is 2.14 bits per heavy atom. The average molecular weight is 495 g/mol. The molecular weight excluding hydrogens is 468 g/mol. The molecule has 0 saturated carbocycles. The second-order valence-corrected chi connectivity index (χ2v) is 8.78. The van der Waals surface area contributed by atoms with Gasteiger partial charge in [-0.15, -0.1) is 0 Å².